The molecule has 0 aliphatic carbocycles. The van der Waals surface area contributed by atoms with Crippen LogP contribution in [0.1, 0.15) is 33.1 Å². The maximum absolute atomic E-state index is 10.6. The fourth-order valence-electron chi connectivity index (χ4n) is 1.74. The van der Waals surface area contributed by atoms with E-state index in [-0.39, 0.29) is 6.04 Å². The lowest BCUT2D eigenvalue weighted by Gasteiger charge is -2.26. The van der Waals surface area contributed by atoms with Crippen LogP contribution in [-0.4, -0.2) is 29.8 Å². The highest BCUT2D eigenvalue weighted by Gasteiger charge is 2.26. The van der Waals surface area contributed by atoms with Crippen LogP contribution in [0.15, 0.2) is 0 Å². The van der Waals surface area contributed by atoms with Crippen molar-refractivity contribution in [3.05, 3.63) is 0 Å². The maximum Gasteiger partial charge on any atom is 0.137 e. The van der Waals surface area contributed by atoms with Crippen molar-refractivity contribution in [3.63, 3.8) is 0 Å². The SMILES string of the molecule is CCC(C)N1CCC[C@H]1C=O. The number of nitrogens with zero attached hydrogens (tertiary/aromatic N) is 1. The third-order valence-corrected chi connectivity index (χ3v) is 2.66. The Morgan fingerprint density at radius 2 is 2.45 bits per heavy atom. The molecule has 2 nitrogen and oxygen atoms in total. The number of hydrogen-bond donors (Lipinski definition) is 0. The van der Waals surface area contributed by atoms with E-state index in [1.807, 2.05) is 0 Å². The van der Waals surface area contributed by atoms with Crippen LogP contribution in [0.4, 0.5) is 0 Å². The van der Waals surface area contributed by atoms with Gasteiger partial charge in [-0.05, 0) is 32.7 Å². The van der Waals surface area contributed by atoms with Gasteiger partial charge in [0.2, 0.25) is 0 Å². The van der Waals surface area contributed by atoms with Gasteiger partial charge in [-0.2, -0.15) is 0 Å². The molecule has 64 valence electrons. The summed E-state index contributed by atoms with van der Waals surface area (Å²) in [7, 11) is 0. The lowest BCUT2D eigenvalue weighted by atomic mass is 10.2. The third-order valence-electron chi connectivity index (χ3n) is 2.66. The van der Waals surface area contributed by atoms with Gasteiger partial charge in [-0.15, -0.1) is 0 Å². The van der Waals surface area contributed by atoms with Crippen LogP contribution >= 0.6 is 0 Å². The van der Waals surface area contributed by atoms with Gasteiger partial charge >= 0.3 is 0 Å². The summed E-state index contributed by atoms with van der Waals surface area (Å²) in [6.45, 7) is 5.48. The predicted octanol–water partition coefficient (Wildman–Crippen LogP) is 1.45. The number of rotatable bonds is 3. The zero-order valence-electron chi connectivity index (χ0n) is 7.42. The minimum Gasteiger partial charge on any atom is -0.302 e. The Bertz CT molecular complexity index is 136. The normalized spacial score (nSPS) is 28.7. The van der Waals surface area contributed by atoms with Gasteiger partial charge in [0, 0.05) is 6.04 Å². The van der Waals surface area contributed by atoms with Crippen molar-refractivity contribution in [2.24, 2.45) is 0 Å². The van der Waals surface area contributed by atoms with Crippen molar-refractivity contribution < 1.29 is 4.79 Å². The van der Waals surface area contributed by atoms with Crippen LogP contribution in [0.3, 0.4) is 0 Å². The number of likely N-dealkylation sites (tertiary alicyclic amines) is 1. The molecule has 1 aliphatic rings. The van der Waals surface area contributed by atoms with Gasteiger partial charge in [-0.3, -0.25) is 4.90 Å². The summed E-state index contributed by atoms with van der Waals surface area (Å²) < 4.78 is 0. The summed E-state index contributed by atoms with van der Waals surface area (Å²) in [5.41, 5.74) is 0. The second kappa shape index (κ2) is 3.86. The molecule has 2 atom stereocenters. The van der Waals surface area contributed by atoms with Crippen LogP contribution in [-0.2, 0) is 4.79 Å². The van der Waals surface area contributed by atoms with Crippen molar-refractivity contribution in [2.75, 3.05) is 6.54 Å². The Morgan fingerprint density at radius 3 is 3.00 bits per heavy atom. The fourth-order valence-corrected chi connectivity index (χ4v) is 1.74. The first-order valence-corrected chi connectivity index (χ1v) is 4.50. The zero-order chi connectivity index (χ0) is 8.27. The Morgan fingerprint density at radius 1 is 1.73 bits per heavy atom. The third kappa shape index (κ3) is 1.80. The molecule has 11 heavy (non-hydrogen) atoms. The molecule has 0 saturated carbocycles. The number of aldehydes is 1. The highest BCUT2D eigenvalue weighted by Crippen LogP contribution is 2.19. The van der Waals surface area contributed by atoms with Crippen molar-refractivity contribution in [2.45, 2.75) is 45.2 Å². The van der Waals surface area contributed by atoms with Gasteiger partial charge in [0.1, 0.15) is 6.29 Å². The van der Waals surface area contributed by atoms with Gasteiger partial charge in [0.15, 0.2) is 0 Å². The molecule has 0 spiro atoms. The lowest BCUT2D eigenvalue weighted by Crippen LogP contribution is -2.37. The van der Waals surface area contributed by atoms with Gasteiger partial charge in [0.25, 0.3) is 0 Å². The average Bonchev–Trinajstić information content (AvgIpc) is 2.50. The Balaban J connectivity index is 2.48. The molecule has 1 heterocycles. The van der Waals surface area contributed by atoms with Gasteiger partial charge in [0.05, 0.1) is 6.04 Å². The molecule has 0 amide bonds. The first-order valence-electron chi connectivity index (χ1n) is 4.50. The van der Waals surface area contributed by atoms with Crippen molar-refractivity contribution in [3.8, 4) is 0 Å². The van der Waals surface area contributed by atoms with Gasteiger partial charge in [-0.1, -0.05) is 6.92 Å². The van der Waals surface area contributed by atoms with Crippen LogP contribution in [0, 0.1) is 0 Å². The molecule has 0 radical (unpaired) electrons. The van der Waals surface area contributed by atoms with E-state index in [9.17, 15) is 4.79 Å². The summed E-state index contributed by atoms with van der Waals surface area (Å²) in [5.74, 6) is 0. The quantitative estimate of drug-likeness (QED) is 0.575. The van der Waals surface area contributed by atoms with E-state index in [4.69, 9.17) is 0 Å². The van der Waals surface area contributed by atoms with E-state index < -0.39 is 0 Å². The smallest absolute Gasteiger partial charge is 0.137 e. The van der Waals surface area contributed by atoms with Crippen LogP contribution in [0.25, 0.3) is 0 Å². The molecule has 1 rings (SSSR count). The Hall–Kier alpha value is -0.370. The van der Waals surface area contributed by atoms with Crippen LogP contribution in [0.5, 0.6) is 0 Å². The molecule has 1 unspecified atom stereocenters. The second-order valence-electron chi connectivity index (χ2n) is 3.34. The van der Waals surface area contributed by atoms with Crippen LogP contribution in [0.2, 0.25) is 0 Å². The van der Waals surface area contributed by atoms with Gasteiger partial charge < -0.3 is 4.79 Å². The number of carbonyl (C=O) groups excluding carboxylic acids is 1. The molecule has 0 N–H and O–H groups in total. The minimum atomic E-state index is 0.213. The molecule has 1 saturated heterocycles. The number of hydrogen-bond acceptors (Lipinski definition) is 2. The van der Waals surface area contributed by atoms with Crippen molar-refractivity contribution >= 4 is 6.29 Å². The summed E-state index contributed by atoms with van der Waals surface area (Å²) >= 11 is 0. The highest BCUT2D eigenvalue weighted by atomic mass is 16.1. The van der Waals surface area contributed by atoms with E-state index in [0.717, 1.165) is 25.7 Å². The molecule has 2 heteroatoms. The average molecular weight is 155 g/mol. The molecule has 0 bridgehead atoms. The topological polar surface area (TPSA) is 20.3 Å². The molecule has 1 fully saturated rings. The summed E-state index contributed by atoms with van der Waals surface area (Å²) in [6, 6.07) is 0.789. The van der Waals surface area contributed by atoms with Crippen molar-refractivity contribution in [1.29, 1.82) is 0 Å². The standard InChI is InChI=1S/C9H17NO/c1-3-8(2)10-6-4-5-9(10)7-11/h7-9H,3-6H2,1-2H3/t8?,9-/m0/s1. The molecule has 0 aromatic heterocycles. The van der Waals surface area contributed by atoms with E-state index in [0.29, 0.717) is 6.04 Å². The molecular weight excluding hydrogens is 138 g/mol. The maximum atomic E-state index is 10.6. The first kappa shape index (κ1) is 8.72. The minimum absolute atomic E-state index is 0.213. The predicted molar refractivity (Wildman–Crippen MR) is 45.5 cm³/mol. The van der Waals surface area contributed by atoms with E-state index in [2.05, 4.69) is 18.7 Å². The Labute approximate surface area is 68.6 Å². The Kier molecular flexibility index (Phi) is 3.06. The molecule has 0 aromatic rings. The second-order valence-corrected chi connectivity index (χ2v) is 3.34. The monoisotopic (exact) mass is 155 g/mol. The fraction of sp³-hybridized carbons (Fsp3) is 0.889. The summed E-state index contributed by atoms with van der Waals surface area (Å²) in [4.78, 5) is 12.9. The zero-order valence-corrected chi connectivity index (χ0v) is 7.42. The van der Waals surface area contributed by atoms with Gasteiger partial charge in [-0.25, -0.2) is 0 Å². The molecule has 0 aromatic carbocycles. The van der Waals surface area contributed by atoms with E-state index in [1.54, 1.807) is 0 Å². The molecular formula is C9H17NO. The molecule has 1 aliphatic heterocycles. The van der Waals surface area contributed by atoms with E-state index >= 15 is 0 Å². The highest BCUT2D eigenvalue weighted by molar-refractivity contribution is 5.58. The number of carbonyl (C=O) groups is 1. The summed E-state index contributed by atoms with van der Waals surface area (Å²) in [5, 5.41) is 0. The van der Waals surface area contributed by atoms with Crippen molar-refractivity contribution in [1.82, 2.24) is 4.90 Å². The summed E-state index contributed by atoms with van der Waals surface area (Å²) in [6.07, 6.45) is 4.49. The van der Waals surface area contributed by atoms with E-state index in [1.165, 1.54) is 6.42 Å². The largest absolute Gasteiger partial charge is 0.302 e. The van der Waals surface area contributed by atoms with Crippen LogP contribution < -0.4 is 0 Å². The first-order chi connectivity index (χ1) is 5.29. The lowest BCUT2D eigenvalue weighted by molar-refractivity contribution is -0.112.